The number of rotatable bonds is 5. The zero-order chi connectivity index (χ0) is 12.1. The SMILES string of the molecule is CCC(CC)C(O)Cc1ccc(C)cc1Cl. The summed E-state index contributed by atoms with van der Waals surface area (Å²) in [6, 6.07) is 6.01. The standard InChI is InChI=1S/C14H21ClO/c1-4-11(5-2)14(16)9-12-7-6-10(3)8-13(12)15/h6-8,11,14,16H,4-5,9H2,1-3H3. The van der Waals surface area contributed by atoms with Gasteiger partial charge in [0.05, 0.1) is 6.10 Å². The quantitative estimate of drug-likeness (QED) is 0.825. The van der Waals surface area contributed by atoms with Gasteiger partial charge in [-0.25, -0.2) is 0 Å². The van der Waals surface area contributed by atoms with Crippen LogP contribution in [0.5, 0.6) is 0 Å². The van der Waals surface area contributed by atoms with E-state index in [0.29, 0.717) is 12.3 Å². The molecule has 0 saturated carbocycles. The molecule has 0 aliphatic heterocycles. The third kappa shape index (κ3) is 3.50. The van der Waals surface area contributed by atoms with E-state index < -0.39 is 0 Å². The van der Waals surface area contributed by atoms with Crippen molar-refractivity contribution in [2.24, 2.45) is 5.92 Å². The number of halogens is 1. The summed E-state index contributed by atoms with van der Waals surface area (Å²) < 4.78 is 0. The van der Waals surface area contributed by atoms with E-state index in [1.165, 1.54) is 0 Å². The fourth-order valence-electron chi connectivity index (χ4n) is 2.04. The Balaban J connectivity index is 2.72. The van der Waals surface area contributed by atoms with Crippen LogP contribution in [0, 0.1) is 12.8 Å². The molecule has 0 fully saturated rings. The molecule has 0 bridgehead atoms. The highest BCUT2D eigenvalue weighted by Gasteiger charge is 2.16. The minimum absolute atomic E-state index is 0.282. The summed E-state index contributed by atoms with van der Waals surface area (Å²) in [5, 5.41) is 10.9. The molecular formula is C14H21ClO. The monoisotopic (exact) mass is 240 g/mol. The van der Waals surface area contributed by atoms with E-state index in [-0.39, 0.29) is 6.10 Å². The molecule has 90 valence electrons. The van der Waals surface area contributed by atoms with Crippen molar-refractivity contribution in [1.82, 2.24) is 0 Å². The number of benzene rings is 1. The van der Waals surface area contributed by atoms with E-state index in [1.54, 1.807) is 0 Å². The van der Waals surface area contributed by atoms with Crippen LogP contribution in [0.15, 0.2) is 18.2 Å². The van der Waals surface area contributed by atoms with E-state index in [9.17, 15) is 5.11 Å². The highest BCUT2D eigenvalue weighted by atomic mass is 35.5. The van der Waals surface area contributed by atoms with Gasteiger partial charge in [-0.2, -0.15) is 0 Å². The Hall–Kier alpha value is -0.530. The zero-order valence-corrected chi connectivity index (χ0v) is 11.1. The normalized spacial score (nSPS) is 13.1. The molecule has 0 heterocycles. The molecule has 0 amide bonds. The molecule has 1 aromatic carbocycles. The first-order chi connectivity index (χ1) is 7.58. The first-order valence-electron chi connectivity index (χ1n) is 6.01. The predicted octanol–water partition coefficient (Wildman–Crippen LogP) is 3.99. The second-order valence-corrected chi connectivity index (χ2v) is 4.85. The zero-order valence-electron chi connectivity index (χ0n) is 10.3. The first kappa shape index (κ1) is 13.5. The number of hydrogen-bond donors (Lipinski definition) is 1. The van der Waals surface area contributed by atoms with Gasteiger partial charge in [0.25, 0.3) is 0 Å². The largest absolute Gasteiger partial charge is 0.392 e. The molecule has 1 unspecified atom stereocenters. The van der Waals surface area contributed by atoms with Gasteiger partial charge in [-0.05, 0) is 30.0 Å². The van der Waals surface area contributed by atoms with Crippen LogP contribution in [0.25, 0.3) is 0 Å². The van der Waals surface area contributed by atoms with E-state index in [0.717, 1.165) is 29.0 Å². The molecule has 1 atom stereocenters. The second-order valence-electron chi connectivity index (χ2n) is 4.44. The van der Waals surface area contributed by atoms with E-state index >= 15 is 0 Å². The van der Waals surface area contributed by atoms with Gasteiger partial charge in [0, 0.05) is 11.4 Å². The van der Waals surface area contributed by atoms with E-state index in [1.807, 2.05) is 25.1 Å². The Morgan fingerprint density at radius 1 is 1.25 bits per heavy atom. The second kappa shape index (κ2) is 6.27. The lowest BCUT2D eigenvalue weighted by atomic mass is 9.91. The van der Waals surface area contributed by atoms with Crippen molar-refractivity contribution in [2.75, 3.05) is 0 Å². The molecule has 0 saturated heterocycles. The third-order valence-electron chi connectivity index (χ3n) is 3.23. The van der Waals surface area contributed by atoms with Crippen LogP contribution in [0.2, 0.25) is 5.02 Å². The molecule has 0 spiro atoms. The number of aliphatic hydroxyl groups excluding tert-OH is 1. The number of hydrogen-bond acceptors (Lipinski definition) is 1. The summed E-state index contributed by atoms with van der Waals surface area (Å²) in [7, 11) is 0. The Bertz CT molecular complexity index is 332. The molecule has 1 nitrogen and oxygen atoms in total. The summed E-state index contributed by atoms with van der Waals surface area (Å²) in [4.78, 5) is 0. The van der Waals surface area contributed by atoms with Gasteiger partial charge in [-0.15, -0.1) is 0 Å². The Morgan fingerprint density at radius 2 is 1.88 bits per heavy atom. The lowest BCUT2D eigenvalue weighted by Crippen LogP contribution is -2.21. The van der Waals surface area contributed by atoms with Crippen molar-refractivity contribution in [3.8, 4) is 0 Å². The average molecular weight is 241 g/mol. The van der Waals surface area contributed by atoms with Gasteiger partial charge in [-0.3, -0.25) is 0 Å². The Labute approximate surface area is 103 Å². The van der Waals surface area contributed by atoms with Crippen molar-refractivity contribution in [2.45, 2.75) is 46.1 Å². The van der Waals surface area contributed by atoms with Gasteiger partial charge in [0.1, 0.15) is 0 Å². The molecule has 0 aromatic heterocycles. The van der Waals surface area contributed by atoms with Crippen LogP contribution in [0.1, 0.15) is 37.8 Å². The average Bonchev–Trinajstić information content (AvgIpc) is 2.24. The third-order valence-corrected chi connectivity index (χ3v) is 3.58. The van der Waals surface area contributed by atoms with Crippen LogP contribution >= 0.6 is 11.6 Å². The summed E-state index contributed by atoms with van der Waals surface area (Å²) in [6.07, 6.45) is 2.41. The van der Waals surface area contributed by atoms with Crippen molar-refractivity contribution in [1.29, 1.82) is 0 Å². The van der Waals surface area contributed by atoms with Gasteiger partial charge < -0.3 is 5.11 Å². The lowest BCUT2D eigenvalue weighted by Gasteiger charge is -2.20. The molecule has 0 radical (unpaired) electrons. The van der Waals surface area contributed by atoms with Crippen molar-refractivity contribution < 1.29 is 5.11 Å². The van der Waals surface area contributed by atoms with Gasteiger partial charge in [0.2, 0.25) is 0 Å². The number of aryl methyl sites for hydroxylation is 1. The Kier molecular flexibility index (Phi) is 5.30. The first-order valence-corrected chi connectivity index (χ1v) is 6.39. The summed E-state index contributed by atoms with van der Waals surface area (Å²) >= 11 is 6.15. The highest BCUT2D eigenvalue weighted by Crippen LogP contribution is 2.23. The maximum Gasteiger partial charge on any atom is 0.0609 e. The molecule has 2 heteroatoms. The molecule has 1 rings (SSSR count). The minimum Gasteiger partial charge on any atom is -0.392 e. The van der Waals surface area contributed by atoms with Crippen LogP contribution in [0.4, 0.5) is 0 Å². The van der Waals surface area contributed by atoms with Gasteiger partial charge in [0.15, 0.2) is 0 Å². The van der Waals surface area contributed by atoms with Crippen LogP contribution in [-0.2, 0) is 6.42 Å². The Morgan fingerprint density at radius 3 is 2.38 bits per heavy atom. The molecular weight excluding hydrogens is 220 g/mol. The minimum atomic E-state index is -0.282. The van der Waals surface area contributed by atoms with E-state index in [4.69, 9.17) is 11.6 Å². The molecule has 1 N–H and O–H groups in total. The summed E-state index contributed by atoms with van der Waals surface area (Å²) in [6.45, 7) is 6.26. The fourth-order valence-corrected chi connectivity index (χ4v) is 2.35. The molecule has 1 aromatic rings. The van der Waals surface area contributed by atoms with Crippen LogP contribution in [-0.4, -0.2) is 11.2 Å². The van der Waals surface area contributed by atoms with Crippen molar-refractivity contribution in [3.63, 3.8) is 0 Å². The van der Waals surface area contributed by atoms with Crippen molar-refractivity contribution >= 4 is 11.6 Å². The molecule has 0 aliphatic carbocycles. The van der Waals surface area contributed by atoms with Crippen LogP contribution < -0.4 is 0 Å². The predicted molar refractivity (Wildman–Crippen MR) is 70.0 cm³/mol. The van der Waals surface area contributed by atoms with Crippen molar-refractivity contribution in [3.05, 3.63) is 34.3 Å². The summed E-state index contributed by atoms with van der Waals surface area (Å²) in [5.74, 6) is 0.373. The smallest absolute Gasteiger partial charge is 0.0609 e. The maximum atomic E-state index is 10.1. The molecule has 0 aliphatic rings. The topological polar surface area (TPSA) is 20.2 Å². The maximum absolute atomic E-state index is 10.1. The van der Waals surface area contributed by atoms with Gasteiger partial charge >= 0.3 is 0 Å². The number of aliphatic hydroxyl groups is 1. The van der Waals surface area contributed by atoms with Gasteiger partial charge in [-0.1, -0.05) is 50.4 Å². The molecule has 16 heavy (non-hydrogen) atoms. The highest BCUT2D eigenvalue weighted by molar-refractivity contribution is 6.31. The van der Waals surface area contributed by atoms with Crippen LogP contribution in [0.3, 0.4) is 0 Å². The fraction of sp³-hybridized carbons (Fsp3) is 0.571. The lowest BCUT2D eigenvalue weighted by molar-refractivity contribution is 0.103. The summed E-state index contributed by atoms with van der Waals surface area (Å²) in [5.41, 5.74) is 2.21. The van der Waals surface area contributed by atoms with E-state index in [2.05, 4.69) is 13.8 Å².